The van der Waals surface area contributed by atoms with Gasteiger partial charge in [-0.15, -0.1) is 11.3 Å². The Bertz CT molecular complexity index is 336. The highest BCUT2D eigenvalue weighted by molar-refractivity contribution is 7.12. The molecule has 2 heteroatoms. The maximum atomic E-state index is 6.33. The average Bonchev–Trinajstić information content (AvgIpc) is 2.78. The van der Waals surface area contributed by atoms with E-state index in [2.05, 4.69) is 26.8 Å². The molecule has 1 aliphatic carbocycles. The van der Waals surface area contributed by atoms with Crippen molar-refractivity contribution in [3.8, 4) is 0 Å². The molecule has 1 atom stereocenters. The normalized spacial score (nSPS) is 20.9. The van der Waals surface area contributed by atoms with E-state index in [4.69, 9.17) is 5.73 Å². The van der Waals surface area contributed by atoms with Gasteiger partial charge in [0, 0.05) is 15.8 Å². The lowest BCUT2D eigenvalue weighted by Crippen LogP contribution is -2.19. The maximum absolute atomic E-state index is 6.33. The fraction of sp³-hybridized carbons (Fsp3) is 0.667. The Morgan fingerprint density at radius 2 is 2.21 bits per heavy atom. The van der Waals surface area contributed by atoms with Crippen LogP contribution in [0.5, 0.6) is 0 Å². The van der Waals surface area contributed by atoms with E-state index >= 15 is 0 Å². The summed E-state index contributed by atoms with van der Waals surface area (Å²) in [6.45, 7) is 6.70. The lowest BCUT2D eigenvalue weighted by Gasteiger charge is -2.18. The minimum absolute atomic E-state index is 0.274. The standard InChI is InChI=1S/C12H19NS/c1-4-9-7-8(2)14-10(9)11(13)12(3)5-6-12/h7,11H,4-6,13H2,1-3H3. The SMILES string of the molecule is CCc1cc(C)sc1C(N)C1(C)CC1. The van der Waals surface area contributed by atoms with Gasteiger partial charge in [-0.1, -0.05) is 13.8 Å². The molecule has 2 rings (SSSR count). The quantitative estimate of drug-likeness (QED) is 0.811. The van der Waals surface area contributed by atoms with Crippen LogP contribution in [0.4, 0.5) is 0 Å². The largest absolute Gasteiger partial charge is 0.323 e. The maximum Gasteiger partial charge on any atom is 0.0447 e. The zero-order chi connectivity index (χ0) is 10.3. The van der Waals surface area contributed by atoms with Crippen LogP contribution < -0.4 is 5.73 Å². The molecule has 0 aromatic carbocycles. The zero-order valence-corrected chi connectivity index (χ0v) is 10.1. The predicted molar refractivity (Wildman–Crippen MR) is 62.7 cm³/mol. The lowest BCUT2D eigenvalue weighted by molar-refractivity contribution is 0.455. The molecule has 1 nitrogen and oxygen atoms in total. The molecule has 0 saturated heterocycles. The van der Waals surface area contributed by atoms with Crippen molar-refractivity contribution in [3.63, 3.8) is 0 Å². The molecule has 1 aliphatic rings. The van der Waals surface area contributed by atoms with Crippen LogP contribution in [0.3, 0.4) is 0 Å². The minimum Gasteiger partial charge on any atom is -0.323 e. The highest BCUT2D eigenvalue weighted by Crippen LogP contribution is 2.54. The van der Waals surface area contributed by atoms with Gasteiger partial charge in [0.25, 0.3) is 0 Å². The molecular formula is C12H19NS. The molecule has 1 heterocycles. The molecule has 1 aromatic rings. The van der Waals surface area contributed by atoms with Crippen molar-refractivity contribution in [1.29, 1.82) is 0 Å². The molecule has 0 bridgehead atoms. The van der Waals surface area contributed by atoms with Crippen LogP contribution in [0, 0.1) is 12.3 Å². The Labute approximate surface area is 90.3 Å². The smallest absolute Gasteiger partial charge is 0.0447 e. The van der Waals surface area contributed by atoms with Crippen LogP contribution in [-0.4, -0.2) is 0 Å². The van der Waals surface area contributed by atoms with Gasteiger partial charge in [0.15, 0.2) is 0 Å². The van der Waals surface area contributed by atoms with E-state index in [1.165, 1.54) is 28.2 Å². The van der Waals surface area contributed by atoms with Crippen LogP contribution in [0.15, 0.2) is 6.07 Å². The number of thiophene rings is 1. The van der Waals surface area contributed by atoms with Gasteiger partial charge in [0.05, 0.1) is 0 Å². The van der Waals surface area contributed by atoms with Gasteiger partial charge in [0.1, 0.15) is 0 Å². The summed E-state index contributed by atoms with van der Waals surface area (Å²) in [7, 11) is 0. The third-order valence-electron chi connectivity index (χ3n) is 3.42. The van der Waals surface area contributed by atoms with Crippen LogP contribution in [0.2, 0.25) is 0 Å². The second-order valence-electron chi connectivity index (χ2n) is 4.73. The van der Waals surface area contributed by atoms with Crippen molar-refractivity contribution in [2.45, 2.75) is 46.1 Å². The second kappa shape index (κ2) is 3.35. The first-order valence-corrected chi connectivity index (χ1v) is 6.23. The zero-order valence-electron chi connectivity index (χ0n) is 9.26. The summed E-state index contributed by atoms with van der Waals surface area (Å²) in [4.78, 5) is 2.83. The Balaban J connectivity index is 2.30. The Hall–Kier alpha value is -0.340. The molecule has 0 aliphatic heterocycles. The topological polar surface area (TPSA) is 26.0 Å². The van der Waals surface area contributed by atoms with Crippen molar-refractivity contribution in [1.82, 2.24) is 0 Å². The number of hydrogen-bond donors (Lipinski definition) is 1. The fourth-order valence-corrected chi connectivity index (χ4v) is 3.24. The Morgan fingerprint density at radius 1 is 1.57 bits per heavy atom. The molecule has 0 radical (unpaired) electrons. The Kier molecular flexibility index (Phi) is 2.44. The summed E-state index contributed by atoms with van der Waals surface area (Å²) >= 11 is 1.89. The Morgan fingerprint density at radius 3 is 2.71 bits per heavy atom. The first kappa shape index (κ1) is 10.2. The summed E-state index contributed by atoms with van der Waals surface area (Å²) in [6, 6.07) is 2.57. The summed E-state index contributed by atoms with van der Waals surface area (Å²) in [5.41, 5.74) is 8.20. The molecule has 1 saturated carbocycles. The minimum atomic E-state index is 0.274. The van der Waals surface area contributed by atoms with E-state index in [-0.39, 0.29) is 6.04 Å². The van der Waals surface area contributed by atoms with E-state index in [1.54, 1.807) is 0 Å². The second-order valence-corrected chi connectivity index (χ2v) is 6.02. The fourth-order valence-electron chi connectivity index (χ4n) is 1.95. The van der Waals surface area contributed by atoms with E-state index < -0.39 is 0 Å². The molecule has 1 unspecified atom stereocenters. The van der Waals surface area contributed by atoms with E-state index in [0.717, 1.165) is 6.42 Å². The van der Waals surface area contributed by atoms with Gasteiger partial charge in [-0.2, -0.15) is 0 Å². The molecule has 0 amide bonds. The predicted octanol–water partition coefficient (Wildman–Crippen LogP) is 3.42. The summed E-state index contributed by atoms with van der Waals surface area (Å²) < 4.78 is 0. The third kappa shape index (κ3) is 1.61. The van der Waals surface area contributed by atoms with Crippen molar-refractivity contribution in [2.75, 3.05) is 0 Å². The molecule has 1 aromatic heterocycles. The van der Waals surface area contributed by atoms with E-state index in [9.17, 15) is 0 Å². The molecule has 2 N–H and O–H groups in total. The highest BCUT2D eigenvalue weighted by atomic mass is 32.1. The number of hydrogen-bond acceptors (Lipinski definition) is 2. The number of aryl methyl sites for hydroxylation is 2. The monoisotopic (exact) mass is 209 g/mol. The molecule has 14 heavy (non-hydrogen) atoms. The van der Waals surface area contributed by atoms with Crippen molar-refractivity contribution < 1.29 is 0 Å². The van der Waals surface area contributed by atoms with Crippen LogP contribution in [0.25, 0.3) is 0 Å². The van der Waals surface area contributed by atoms with Gasteiger partial charge in [-0.3, -0.25) is 0 Å². The first-order valence-electron chi connectivity index (χ1n) is 5.41. The number of rotatable bonds is 3. The van der Waals surface area contributed by atoms with Crippen LogP contribution in [-0.2, 0) is 6.42 Å². The highest BCUT2D eigenvalue weighted by Gasteiger charge is 2.44. The van der Waals surface area contributed by atoms with E-state index in [1.807, 2.05) is 11.3 Å². The molecule has 1 fully saturated rings. The average molecular weight is 209 g/mol. The van der Waals surface area contributed by atoms with E-state index in [0.29, 0.717) is 5.41 Å². The first-order chi connectivity index (χ1) is 6.57. The molecular weight excluding hydrogens is 190 g/mol. The van der Waals surface area contributed by atoms with Crippen molar-refractivity contribution in [2.24, 2.45) is 11.1 Å². The van der Waals surface area contributed by atoms with Crippen LogP contribution >= 0.6 is 11.3 Å². The summed E-state index contributed by atoms with van der Waals surface area (Å²) in [6.07, 6.45) is 3.71. The molecule has 78 valence electrons. The summed E-state index contributed by atoms with van der Waals surface area (Å²) in [5.74, 6) is 0. The molecule has 0 spiro atoms. The van der Waals surface area contributed by atoms with Crippen molar-refractivity contribution >= 4 is 11.3 Å². The van der Waals surface area contributed by atoms with Crippen molar-refractivity contribution in [3.05, 3.63) is 21.4 Å². The van der Waals surface area contributed by atoms with Gasteiger partial charge < -0.3 is 5.73 Å². The number of nitrogens with two attached hydrogens (primary N) is 1. The van der Waals surface area contributed by atoms with Gasteiger partial charge >= 0.3 is 0 Å². The van der Waals surface area contributed by atoms with Crippen LogP contribution in [0.1, 0.15) is 48.0 Å². The van der Waals surface area contributed by atoms with Gasteiger partial charge in [-0.25, -0.2) is 0 Å². The lowest BCUT2D eigenvalue weighted by atomic mass is 9.95. The summed E-state index contributed by atoms with van der Waals surface area (Å²) in [5, 5.41) is 0. The van der Waals surface area contributed by atoms with Gasteiger partial charge in [0.2, 0.25) is 0 Å². The third-order valence-corrected chi connectivity index (χ3v) is 4.59. The van der Waals surface area contributed by atoms with Gasteiger partial charge in [-0.05, 0) is 43.2 Å².